The van der Waals surface area contributed by atoms with E-state index in [0.717, 1.165) is 37.0 Å². The Morgan fingerprint density at radius 2 is 0.884 bits per heavy atom. The van der Waals surface area contributed by atoms with Crippen molar-refractivity contribution in [3.8, 4) is 0 Å². The monoisotopic (exact) mass is 608 g/mol. The molecule has 1 rings (SSSR count). The van der Waals surface area contributed by atoms with Gasteiger partial charge in [0, 0.05) is 31.7 Å². The van der Waals surface area contributed by atoms with Gasteiger partial charge in [-0.2, -0.15) is 0 Å². The van der Waals surface area contributed by atoms with Crippen molar-refractivity contribution in [3.63, 3.8) is 0 Å². The van der Waals surface area contributed by atoms with Gasteiger partial charge in [0.15, 0.2) is 0 Å². The molecular weight excluding hydrogens is 538 g/mol. The van der Waals surface area contributed by atoms with E-state index < -0.39 is 17.6 Å². The van der Waals surface area contributed by atoms with Gasteiger partial charge < -0.3 is 15.1 Å². The molecule has 252 valence electrons. The van der Waals surface area contributed by atoms with Crippen LogP contribution in [0.5, 0.6) is 0 Å². The molecule has 0 aliphatic carbocycles. The lowest BCUT2D eigenvalue weighted by Gasteiger charge is -2.29. The number of carboxylic acids is 1. The van der Waals surface area contributed by atoms with E-state index in [1.807, 2.05) is 0 Å². The van der Waals surface area contributed by atoms with Gasteiger partial charge >= 0.3 is 5.97 Å². The van der Waals surface area contributed by atoms with Gasteiger partial charge in [-0.3, -0.25) is 9.59 Å². The molecule has 2 N–H and O–H groups in total. The zero-order valence-corrected chi connectivity index (χ0v) is 28.4. The maximum Gasteiger partial charge on any atom is 0.357 e. The largest absolute Gasteiger partial charge is 0.478 e. The number of hydrogen-bond donors (Lipinski definition) is 2. The fraction of sp³-hybridized carbons (Fsp3) is 0.919. The van der Waals surface area contributed by atoms with Crippen LogP contribution in [0.25, 0.3) is 0 Å². The molecule has 43 heavy (non-hydrogen) atoms. The Kier molecular flexibility index (Phi) is 23.8. The van der Waals surface area contributed by atoms with Crippen LogP contribution in [0, 0.1) is 5.92 Å². The molecule has 1 aliphatic rings. The summed E-state index contributed by atoms with van der Waals surface area (Å²) in [6.45, 7) is 4.52. The lowest BCUT2D eigenvalue weighted by Crippen LogP contribution is -2.53. The fourth-order valence-corrected chi connectivity index (χ4v) is 6.57. The lowest BCUT2D eigenvalue weighted by molar-refractivity contribution is -0.182. The Morgan fingerprint density at radius 3 is 1.23 bits per heavy atom. The topological polar surface area (TPSA) is 94.9 Å². The highest BCUT2D eigenvalue weighted by atomic mass is 16.4. The van der Waals surface area contributed by atoms with E-state index in [2.05, 4.69) is 13.8 Å². The Morgan fingerprint density at radius 1 is 0.558 bits per heavy atom. The molecule has 0 spiro atoms. The van der Waals surface area contributed by atoms with Crippen molar-refractivity contribution >= 4 is 17.7 Å². The molecule has 6 nitrogen and oxygen atoms in total. The maximum atomic E-state index is 12.9. The molecule has 6 heteroatoms. The number of nitrogens with zero attached hydrogens (tertiary/aromatic N) is 1. The summed E-state index contributed by atoms with van der Waals surface area (Å²) in [6.07, 6.45) is 32.3. The van der Waals surface area contributed by atoms with Crippen LogP contribution in [-0.2, 0) is 14.4 Å². The average Bonchev–Trinajstić information content (AvgIpc) is 3.36. The summed E-state index contributed by atoms with van der Waals surface area (Å²) in [5, 5.41) is 20.6. The Bertz CT molecular complexity index is 726. The second kappa shape index (κ2) is 25.9. The highest BCUT2D eigenvalue weighted by Crippen LogP contribution is 2.34. The van der Waals surface area contributed by atoms with Crippen LogP contribution < -0.4 is 0 Å². The third-order valence-corrected chi connectivity index (χ3v) is 9.50. The molecule has 1 aliphatic heterocycles. The zero-order valence-electron chi connectivity index (χ0n) is 28.4. The second-order valence-corrected chi connectivity index (χ2v) is 13.5. The van der Waals surface area contributed by atoms with E-state index >= 15 is 0 Å². The number of Topliss-reactive ketones (excluding diaryl/α,β-unsaturated/α-hetero) is 1. The first kappa shape index (κ1) is 39.6. The van der Waals surface area contributed by atoms with Crippen LogP contribution >= 0.6 is 0 Å². The molecule has 0 aromatic heterocycles. The fourth-order valence-electron chi connectivity index (χ4n) is 6.57. The van der Waals surface area contributed by atoms with E-state index in [1.54, 1.807) is 0 Å². The summed E-state index contributed by atoms with van der Waals surface area (Å²) in [4.78, 5) is 38.8. The molecule has 2 atom stereocenters. The third kappa shape index (κ3) is 18.2. The number of likely N-dealkylation sites (tertiary alicyclic amines) is 1. The SMILES string of the molecule is CCCCCCCCCCCCCCCC(=O)C1CN(C(=O)CCCCCCCCCCCCCCC)C(O)(C(=O)O)C1. The first-order valence-electron chi connectivity index (χ1n) is 18.7. The predicted octanol–water partition coefficient (Wildman–Crippen LogP) is 10.1. The van der Waals surface area contributed by atoms with Crippen molar-refractivity contribution in [1.29, 1.82) is 0 Å². The molecule has 2 unspecified atom stereocenters. The summed E-state index contributed by atoms with van der Waals surface area (Å²) in [5.74, 6) is -2.38. The molecular formula is C37H69NO5. The molecule has 1 fully saturated rings. The summed E-state index contributed by atoms with van der Waals surface area (Å²) >= 11 is 0. The number of ketones is 1. The van der Waals surface area contributed by atoms with Crippen molar-refractivity contribution < 1.29 is 24.6 Å². The van der Waals surface area contributed by atoms with Gasteiger partial charge in [0.25, 0.3) is 0 Å². The number of hydrogen-bond acceptors (Lipinski definition) is 4. The Labute approximate surface area is 265 Å². The van der Waals surface area contributed by atoms with Crippen LogP contribution in [0.3, 0.4) is 0 Å². The van der Waals surface area contributed by atoms with Crippen molar-refractivity contribution in [2.24, 2.45) is 5.92 Å². The second-order valence-electron chi connectivity index (χ2n) is 13.5. The van der Waals surface area contributed by atoms with Gasteiger partial charge in [0.1, 0.15) is 5.78 Å². The van der Waals surface area contributed by atoms with Crippen LogP contribution in [0.15, 0.2) is 0 Å². The highest BCUT2D eigenvalue weighted by molar-refractivity contribution is 5.90. The van der Waals surface area contributed by atoms with Gasteiger partial charge in [-0.1, -0.05) is 168 Å². The number of carboxylic acid groups (broad SMARTS) is 1. The minimum Gasteiger partial charge on any atom is -0.478 e. The van der Waals surface area contributed by atoms with Crippen molar-refractivity contribution in [1.82, 2.24) is 4.90 Å². The summed E-state index contributed by atoms with van der Waals surface area (Å²) < 4.78 is 0. The number of aliphatic carboxylic acids is 1. The first-order valence-corrected chi connectivity index (χ1v) is 18.7. The summed E-state index contributed by atoms with van der Waals surface area (Å²) in [6, 6.07) is 0. The van der Waals surface area contributed by atoms with Crippen LogP contribution in [0.4, 0.5) is 0 Å². The molecule has 1 heterocycles. The van der Waals surface area contributed by atoms with E-state index in [1.165, 1.54) is 128 Å². The van der Waals surface area contributed by atoms with Crippen LogP contribution in [0.1, 0.15) is 200 Å². The van der Waals surface area contributed by atoms with E-state index in [9.17, 15) is 24.6 Å². The first-order chi connectivity index (χ1) is 20.9. The Hall–Kier alpha value is -1.43. The average molecular weight is 608 g/mol. The molecule has 0 radical (unpaired) electrons. The minimum absolute atomic E-state index is 0.0148. The number of aliphatic hydroxyl groups is 1. The van der Waals surface area contributed by atoms with Crippen molar-refractivity contribution in [3.05, 3.63) is 0 Å². The number of amides is 1. The smallest absolute Gasteiger partial charge is 0.357 e. The Balaban J connectivity index is 2.17. The quantitative estimate of drug-likeness (QED) is 0.0792. The van der Waals surface area contributed by atoms with E-state index in [0.29, 0.717) is 12.8 Å². The van der Waals surface area contributed by atoms with Gasteiger partial charge in [-0.15, -0.1) is 0 Å². The third-order valence-electron chi connectivity index (χ3n) is 9.50. The molecule has 0 saturated carbocycles. The van der Waals surface area contributed by atoms with Gasteiger partial charge in [-0.25, -0.2) is 4.79 Å². The summed E-state index contributed by atoms with van der Waals surface area (Å²) in [5.41, 5.74) is -2.26. The summed E-state index contributed by atoms with van der Waals surface area (Å²) in [7, 11) is 0. The number of carbonyl (C=O) groups excluding carboxylic acids is 2. The van der Waals surface area contributed by atoms with E-state index in [-0.39, 0.29) is 31.1 Å². The molecule has 0 bridgehead atoms. The number of unbranched alkanes of at least 4 members (excludes halogenated alkanes) is 24. The minimum atomic E-state index is -2.26. The highest BCUT2D eigenvalue weighted by Gasteiger charge is 2.53. The van der Waals surface area contributed by atoms with E-state index in [4.69, 9.17) is 0 Å². The normalized spacial score (nSPS) is 18.4. The van der Waals surface area contributed by atoms with Gasteiger partial charge in [0.05, 0.1) is 0 Å². The molecule has 0 aromatic rings. The standard InChI is InChI=1S/C37H69NO5/c1-3-5-7-9-11-13-15-17-19-21-23-25-27-29-34(39)33-31-37(43,36(41)42)38(32-33)35(40)30-28-26-24-22-20-18-16-14-12-10-8-6-4-2/h33,43H,3-32H2,1-2H3,(H,41,42). The maximum absolute atomic E-state index is 12.9. The van der Waals surface area contributed by atoms with Crippen molar-refractivity contribution in [2.45, 2.75) is 206 Å². The lowest BCUT2D eigenvalue weighted by atomic mass is 9.95. The van der Waals surface area contributed by atoms with Gasteiger partial charge in [0.2, 0.25) is 11.6 Å². The van der Waals surface area contributed by atoms with Crippen molar-refractivity contribution in [2.75, 3.05) is 6.54 Å². The van der Waals surface area contributed by atoms with Crippen LogP contribution in [0.2, 0.25) is 0 Å². The predicted molar refractivity (Wildman–Crippen MR) is 178 cm³/mol. The number of rotatable bonds is 30. The van der Waals surface area contributed by atoms with Crippen LogP contribution in [-0.4, -0.2) is 45.0 Å². The van der Waals surface area contributed by atoms with Gasteiger partial charge in [-0.05, 0) is 12.8 Å². The molecule has 1 saturated heterocycles. The molecule has 0 aromatic carbocycles. The molecule has 1 amide bonds. The zero-order chi connectivity index (χ0) is 31.6. The number of carbonyl (C=O) groups is 3.